The van der Waals surface area contributed by atoms with Gasteiger partial charge in [-0.2, -0.15) is 4.57 Å². The minimum absolute atomic E-state index is 0. The van der Waals surface area contributed by atoms with Crippen LogP contribution in [0.4, 0.5) is 5.69 Å². The molecule has 0 spiro atoms. The van der Waals surface area contributed by atoms with Gasteiger partial charge in [0, 0.05) is 42.7 Å². The fourth-order valence-corrected chi connectivity index (χ4v) is 7.74. The number of aryl methyl sites for hydroxylation is 1. The predicted octanol–water partition coefficient (Wildman–Crippen LogP) is 2.67. The topological polar surface area (TPSA) is 149 Å². The van der Waals surface area contributed by atoms with Gasteiger partial charge in [0.25, 0.3) is 5.01 Å². The molecule has 49 heavy (non-hydrogen) atoms. The van der Waals surface area contributed by atoms with Crippen molar-refractivity contribution in [2.24, 2.45) is 0 Å². The molecule has 11 nitrogen and oxygen atoms in total. The molecule has 0 saturated heterocycles. The molecule has 1 aliphatic rings. The zero-order chi connectivity index (χ0) is 34.5. The van der Waals surface area contributed by atoms with Gasteiger partial charge in [-0.15, -0.1) is 0 Å². The maximum Gasteiger partial charge on any atom is 1.00 e. The summed E-state index contributed by atoms with van der Waals surface area (Å²) in [5.41, 5.74) is 4.58. The van der Waals surface area contributed by atoms with Gasteiger partial charge in [0.1, 0.15) is 4.70 Å². The van der Waals surface area contributed by atoms with Crippen LogP contribution in [0.2, 0.25) is 0 Å². The zero-order valence-electron chi connectivity index (χ0n) is 27.9. The van der Waals surface area contributed by atoms with Crippen LogP contribution >= 0.6 is 11.3 Å². The number of benzene rings is 3. The summed E-state index contributed by atoms with van der Waals surface area (Å²) in [4.78, 5) is 2.00. The first kappa shape index (κ1) is 38.8. The number of ether oxygens (including phenoxy) is 3. The molecule has 5 rings (SSSR count). The van der Waals surface area contributed by atoms with E-state index in [0.29, 0.717) is 42.5 Å². The van der Waals surface area contributed by atoms with Gasteiger partial charge < -0.3 is 28.2 Å². The number of anilines is 1. The van der Waals surface area contributed by atoms with Crippen LogP contribution in [0, 0.1) is 0 Å². The number of methoxy groups -OCH3 is 2. The second kappa shape index (κ2) is 16.8. The number of thiazole rings is 1. The summed E-state index contributed by atoms with van der Waals surface area (Å²) in [6.45, 7) is 2.72. The molecule has 2 heterocycles. The van der Waals surface area contributed by atoms with E-state index >= 15 is 0 Å². The molecule has 3 aromatic carbocycles. The van der Waals surface area contributed by atoms with E-state index in [-0.39, 0.29) is 48.9 Å². The summed E-state index contributed by atoms with van der Waals surface area (Å²) in [5, 5.41) is 0.825. The standard InChI is InChI=1S/C34H38N2O9S3.Na/c1-4-24(20-34-36(16-10-18-48(40,41)42)28-22-30(43-2)31(44-3)23-32(28)46-34)19-33-35(15-8-9-17-47(37,38)39)27-21-26(13-14-29(27)45-33)25-11-6-5-7-12-25;/h5-7,11-14,19-23H,4,8-10,15-18H2,1-3H3,(H-,37,38,39,40,41,42);/q;+1/p-1. The van der Waals surface area contributed by atoms with E-state index in [1.807, 2.05) is 89.2 Å². The van der Waals surface area contributed by atoms with Crippen LogP contribution in [0.25, 0.3) is 27.4 Å². The van der Waals surface area contributed by atoms with Gasteiger partial charge in [-0.25, -0.2) is 16.8 Å². The Hall–Kier alpha value is -2.95. The summed E-state index contributed by atoms with van der Waals surface area (Å²) in [5.74, 6) is 1.37. The molecule has 0 amide bonds. The van der Waals surface area contributed by atoms with Crippen LogP contribution in [-0.2, 0) is 26.8 Å². The van der Waals surface area contributed by atoms with Crippen LogP contribution in [-0.4, -0.2) is 58.2 Å². The van der Waals surface area contributed by atoms with Gasteiger partial charge in [0.05, 0.1) is 46.2 Å². The first-order valence-corrected chi connectivity index (χ1v) is 19.4. The van der Waals surface area contributed by atoms with Crippen molar-refractivity contribution in [3.63, 3.8) is 0 Å². The summed E-state index contributed by atoms with van der Waals surface area (Å²) >= 11 is 1.49. The molecule has 15 heteroatoms. The van der Waals surface area contributed by atoms with E-state index < -0.39 is 31.7 Å². The number of hydrogen-bond donors (Lipinski definition) is 0. The number of aromatic nitrogens is 1. The van der Waals surface area contributed by atoms with Crippen molar-refractivity contribution in [3.05, 3.63) is 83.2 Å². The molecule has 0 radical (unpaired) electrons. The Morgan fingerprint density at radius 1 is 0.898 bits per heavy atom. The molecule has 1 aromatic heterocycles. The van der Waals surface area contributed by atoms with Crippen molar-refractivity contribution >= 4 is 53.6 Å². The minimum Gasteiger partial charge on any atom is -0.748 e. The molecule has 0 N–H and O–H groups in total. The molecule has 0 fully saturated rings. The summed E-state index contributed by atoms with van der Waals surface area (Å²) < 4.78 is 88.2. The van der Waals surface area contributed by atoms with E-state index in [1.165, 1.54) is 11.3 Å². The van der Waals surface area contributed by atoms with E-state index in [2.05, 4.69) is 0 Å². The van der Waals surface area contributed by atoms with Crippen molar-refractivity contribution in [1.82, 2.24) is 0 Å². The van der Waals surface area contributed by atoms with Crippen molar-refractivity contribution in [2.45, 2.75) is 39.2 Å². The average molecular weight is 737 g/mol. The van der Waals surface area contributed by atoms with Gasteiger partial charge in [-0.3, -0.25) is 0 Å². The second-order valence-corrected chi connectivity index (χ2v) is 15.3. The smallest absolute Gasteiger partial charge is 0.748 e. The Bertz CT molecular complexity index is 2060. The Morgan fingerprint density at radius 3 is 2.22 bits per heavy atom. The van der Waals surface area contributed by atoms with E-state index in [4.69, 9.17) is 14.2 Å². The van der Waals surface area contributed by atoms with Gasteiger partial charge in [0.2, 0.25) is 11.4 Å². The fourth-order valence-electron chi connectivity index (χ4n) is 5.53. The van der Waals surface area contributed by atoms with Gasteiger partial charge >= 0.3 is 29.6 Å². The maximum atomic E-state index is 11.4. The van der Waals surface area contributed by atoms with Crippen molar-refractivity contribution in [1.29, 1.82) is 0 Å². The number of rotatable bonds is 15. The van der Waals surface area contributed by atoms with Crippen LogP contribution in [0.5, 0.6) is 17.2 Å². The quantitative estimate of drug-likeness (QED) is 0.0772. The Balaban J connectivity index is 0.00000541. The number of allylic oxidation sites excluding steroid dienone is 2. The predicted molar refractivity (Wildman–Crippen MR) is 184 cm³/mol. The van der Waals surface area contributed by atoms with Gasteiger partial charge in [0.15, 0.2) is 23.8 Å². The maximum absolute atomic E-state index is 11.4. The molecule has 4 aromatic rings. The number of unbranched alkanes of at least 4 members (excludes halogenated alkanes) is 1. The van der Waals surface area contributed by atoms with E-state index in [1.54, 1.807) is 14.2 Å². The molecule has 0 bridgehead atoms. The molecular weight excluding hydrogens is 700 g/mol. The van der Waals surface area contributed by atoms with Crippen LogP contribution < -0.4 is 53.2 Å². The largest absolute Gasteiger partial charge is 1.00 e. The molecule has 0 aliphatic carbocycles. The second-order valence-electron chi connectivity index (χ2n) is 11.2. The normalized spacial score (nSPS) is 14.1. The molecular formula is C34H37N2NaO9S3. The Kier molecular flexibility index (Phi) is 13.3. The average Bonchev–Trinajstić information content (AvgIpc) is 3.56. The van der Waals surface area contributed by atoms with Gasteiger partial charge in [-0.1, -0.05) is 54.7 Å². The molecule has 0 unspecified atom stereocenters. The first-order chi connectivity index (χ1) is 22.9. The third-order valence-electron chi connectivity index (χ3n) is 7.90. The molecule has 0 atom stereocenters. The first-order valence-electron chi connectivity index (χ1n) is 15.4. The van der Waals surface area contributed by atoms with E-state index in [0.717, 1.165) is 37.6 Å². The Labute approximate surface area is 313 Å². The monoisotopic (exact) mass is 736 g/mol. The number of nitrogens with zero attached hydrogens (tertiary/aromatic N) is 2. The Morgan fingerprint density at radius 2 is 1.57 bits per heavy atom. The molecule has 1 aliphatic heterocycles. The van der Waals surface area contributed by atoms with E-state index in [9.17, 15) is 25.9 Å². The summed E-state index contributed by atoms with van der Waals surface area (Å²) in [6.07, 6.45) is 5.36. The zero-order valence-corrected chi connectivity index (χ0v) is 32.3. The SMILES string of the molecule is CCC(=Cc1sc2cc(OC)c(OC)cc2[n+]1CCCS(=O)(=O)[O-])C=C1Oc2ccc(-c3ccccc3)cc2N1CCCCS(=O)(=O)[O-].[Na+]. The van der Waals surface area contributed by atoms with Crippen LogP contribution in [0.3, 0.4) is 0 Å². The van der Waals surface area contributed by atoms with Gasteiger partial charge in [-0.05, 0) is 48.1 Å². The van der Waals surface area contributed by atoms with Crippen molar-refractivity contribution in [3.8, 4) is 28.4 Å². The van der Waals surface area contributed by atoms with Crippen LogP contribution in [0.15, 0.2) is 78.2 Å². The third-order valence-corrected chi connectivity index (χ3v) is 10.6. The summed E-state index contributed by atoms with van der Waals surface area (Å²) in [7, 11) is -5.61. The van der Waals surface area contributed by atoms with Crippen LogP contribution in [0.1, 0.15) is 37.6 Å². The summed E-state index contributed by atoms with van der Waals surface area (Å²) in [6, 6.07) is 19.6. The number of hydrogen-bond acceptors (Lipinski definition) is 11. The molecule has 0 saturated carbocycles. The molecule has 256 valence electrons. The van der Waals surface area contributed by atoms with Crippen molar-refractivity contribution in [2.75, 3.05) is 37.2 Å². The van der Waals surface area contributed by atoms with Crippen molar-refractivity contribution < 1.29 is 74.3 Å². The minimum atomic E-state index is -4.38. The third kappa shape index (κ3) is 10.1. The number of fused-ring (bicyclic) bond motifs is 2. The fraction of sp³-hybridized carbons (Fsp3) is 0.324.